The highest BCUT2D eigenvalue weighted by molar-refractivity contribution is 8.18. The van der Waals surface area contributed by atoms with Crippen LogP contribution in [-0.2, 0) is 9.59 Å². The van der Waals surface area contributed by atoms with Crippen LogP contribution < -0.4 is 14.8 Å². The summed E-state index contributed by atoms with van der Waals surface area (Å²) in [5, 5.41) is 11.2. The number of nitrogens with one attached hydrogen (secondary N) is 1. The van der Waals surface area contributed by atoms with Gasteiger partial charge in [0.25, 0.3) is 11.1 Å². The molecule has 0 radical (unpaired) electrons. The van der Waals surface area contributed by atoms with E-state index < -0.39 is 23.6 Å². The highest BCUT2D eigenvalue weighted by Crippen LogP contribution is 2.34. The van der Waals surface area contributed by atoms with Crippen molar-refractivity contribution in [3.63, 3.8) is 0 Å². The number of nitriles is 1. The molecule has 164 valence electrons. The number of hydrogen-bond donors (Lipinski definition) is 1. The molecule has 10 heteroatoms. The van der Waals surface area contributed by atoms with Gasteiger partial charge in [0.05, 0.1) is 12.0 Å². The second-order valence-electron chi connectivity index (χ2n) is 6.63. The molecule has 0 unspecified atom stereocenters. The minimum absolute atomic E-state index is 0.134. The van der Waals surface area contributed by atoms with Crippen LogP contribution in [0.3, 0.4) is 0 Å². The summed E-state index contributed by atoms with van der Waals surface area (Å²) in [4.78, 5) is 38.5. The molecule has 1 aliphatic heterocycles. The van der Waals surface area contributed by atoms with E-state index in [1.165, 1.54) is 13.2 Å². The Labute approximate surface area is 193 Å². The smallest absolute Gasteiger partial charge is 0.294 e. The molecular formula is C22H18ClN3O5S. The van der Waals surface area contributed by atoms with E-state index in [4.69, 9.17) is 26.3 Å². The van der Waals surface area contributed by atoms with Crippen molar-refractivity contribution in [2.24, 2.45) is 0 Å². The first-order valence-electron chi connectivity index (χ1n) is 9.31. The summed E-state index contributed by atoms with van der Waals surface area (Å²) in [6.07, 6.45) is 1.53. The molecule has 1 fully saturated rings. The molecule has 0 aliphatic carbocycles. The maximum absolute atomic E-state index is 12.7. The van der Waals surface area contributed by atoms with Crippen molar-refractivity contribution in [1.82, 2.24) is 4.90 Å². The van der Waals surface area contributed by atoms with Crippen molar-refractivity contribution >= 4 is 52.2 Å². The normalized spacial score (nSPS) is 14.4. The lowest BCUT2D eigenvalue weighted by atomic mass is 10.2. The van der Waals surface area contributed by atoms with Gasteiger partial charge in [0.2, 0.25) is 5.91 Å². The van der Waals surface area contributed by atoms with Gasteiger partial charge in [0.1, 0.15) is 12.6 Å². The number of methoxy groups -OCH3 is 1. The summed E-state index contributed by atoms with van der Waals surface area (Å²) >= 11 is 6.70. The molecule has 0 saturated carbocycles. The van der Waals surface area contributed by atoms with Gasteiger partial charge in [-0.15, -0.1) is 0 Å². The zero-order chi connectivity index (χ0) is 23.3. The minimum Gasteiger partial charge on any atom is -0.493 e. The van der Waals surface area contributed by atoms with E-state index in [0.717, 1.165) is 22.2 Å². The van der Waals surface area contributed by atoms with Crippen LogP contribution in [0.5, 0.6) is 11.5 Å². The third-order valence-electron chi connectivity index (χ3n) is 4.43. The standard InChI is InChI=1S/C22H18ClN3O5S/c1-13-3-5-15(23)11-16(13)25-20(27)12-26-21(28)19(32-22(26)29)10-14-4-6-17(31-8-7-24)18(9-14)30-2/h3-6,9-11H,8,12H2,1-2H3,(H,25,27)/b19-10-. The predicted molar refractivity (Wildman–Crippen MR) is 122 cm³/mol. The Morgan fingerprint density at radius 2 is 2.03 bits per heavy atom. The van der Waals surface area contributed by atoms with E-state index >= 15 is 0 Å². The fourth-order valence-corrected chi connectivity index (χ4v) is 3.86. The van der Waals surface area contributed by atoms with E-state index in [2.05, 4.69) is 5.32 Å². The van der Waals surface area contributed by atoms with Crippen molar-refractivity contribution in [2.75, 3.05) is 25.6 Å². The van der Waals surface area contributed by atoms with E-state index in [1.807, 2.05) is 6.07 Å². The molecule has 1 N–H and O–H groups in total. The van der Waals surface area contributed by atoms with Crippen LogP contribution in [0.2, 0.25) is 5.02 Å². The summed E-state index contributed by atoms with van der Waals surface area (Å²) < 4.78 is 10.5. The first kappa shape index (κ1) is 23.2. The number of carbonyl (C=O) groups excluding carboxylic acids is 3. The molecule has 0 atom stereocenters. The fraction of sp³-hybridized carbons (Fsp3) is 0.182. The molecule has 8 nitrogen and oxygen atoms in total. The number of halogens is 1. The molecular weight excluding hydrogens is 454 g/mol. The lowest BCUT2D eigenvalue weighted by Gasteiger charge is -2.13. The van der Waals surface area contributed by atoms with Gasteiger partial charge < -0.3 is 14.8 Å². The zero-order valence-corrected chi connectivity index (χ0v) is 18.7. The van der Waals surface area contributed by atoms with Crippen molar-refractivity contribution in [1.29, 1.82) is 5.26 Å². The molecule has 2 aromatic carbocycles. The van der Waals surface area contributed by atoms with Gasteiger partial charge in [-0.05, 0) is 60.2 Å². The van der Waals surface area contributed by atoms with Gasteiger partial charge in [0.15, 0.2) is 18.1 Å². The average Bonchev–Trinajstić information content (AvgIpc) is 3.02. The number of thioether (sulfide) groups is 1. The topological polar surface area (TPSA) is 109 Å². The largest absolute Gasteiger partial charge is 0.493 e. The molecule has 32 heavy (non-hydrogen) atoms. The summed E-state index contributed by atoms with van der Waals surface area (Å²) in [5.41, 5.74) is 1.90. The monoisotopic (exact) mass is 471 g/mol. The fourth-order valence-electron chi connectivity index (χ4n) is 2.85. The lowest BCUT2D eigenvalue weighted by molar-refractivity contribution is -0.127. The van der Waals surface area contributed by atoms with Crippen LogP contribution in [-0.4, -0.2) is 42.2 Å². The summed E-state index contributed by atoms with van der Waals surface area (Å²) in [6, 6.07) is 11.8. The van der Waals surface area contributed by atoms with Crippen LogP contribution in [0.15, 0.2) is 41.3 Å². The second-order valence-corrected chi connectivity index (χ2v) is 8.06. The first-order valence-corrected chi connectivity index (χ1v) is 10.5. The van der Waals surface area contributed by atoms with Crippen LogP contribution >= 0.6 is 23.4 Å². The van der Waals surface area contributed by atoms with Gasteiger partial charge in [-0.25, -0.2) is 0 Å². The summed E-state index contributed by atoms with van der Waals surface area (Å²) in [6.45, 7) is 1.25. The van der Waals surface area contributed by atoms with Gasteiger partial charge in [-0.3, -0.25) is 19.3 Å². The van der Waals surface area contributed by atoms with Crippen molar-refractivity contribution in [2.45, 2.75) is 6.92 Å². The SMILES string of the molecule is COc1cc(/C=C2\SC(=O)N(CC(=O)Nc3cc(Cl)ccc3C)C2=O)ccc1OCC#N. The van der Waals surface area contributed by atoms with Crippen LogP contribution in [0.4, 0.5) is 10.5 Å². The van der Waals surface area contributed by atoms with Gasteiger partial charge in [0, 0.05) is 10.7 Å². The number of ether oxygens (including phenoxy) is 2. The Morgan fingerprint density at radius 3 is 2.75 bits per heavy atom. The minimum atomic E-state index is -0.568. The van der Waals surface area contributed by atoms with Crippen LogP contribution in [0.25, 0.3) is 6.08 Å². The predicted octanol–water partition coefficient (Wildman–Crippen LogP) is 4.23. The van der Waals surface area contributed by atoms with Crippen molar-refractivity contribution in [3.05, 3.63) is 57.5 Å². The maximum atomic E-state index is 12.7. The number of hydrogen-bond acceptors (Lipinski definition) is 7. The number of carbonyl (C=O) groups is 3. The Bertz CT molecular complexity index is 1160. The highest BCUT2D eigenvalue weighted by atomic mass is 35.5. The molecule has 1 saturated heterocycles. The number of aryl methyl sites for hydroxylation is 1. The summed E-state index contributed by atoms with van der Waals surface area (Å²) in [5.74, 6) is -0.321. The number of nitrogens with zero attached hydrogens (tertiary/aromatic N) is 2. The molecule has 3 rings (SSSR count). The zero-order valence-electron chi connectivity index (χ0n) is 17.2. The van der Waals surface area contributed by atoms with E-state index in [1.54, 1.807) is 43.3 Å². The van der Waals surface area contributed by atoms with E-state index in [9.17, 15) is 14.4 Å². The molecule has 2 aromatic rings. The number of rotatable bonds is 7. The number of amides is 3. The van der Waals surface area contributed by atoms with Crippen molar-refractivity contribution < 1.29 is 23.9 Å². The quantitative estimate of drug-likeness (QED) is 0.601. The van der Waals surface area contributed by atoms with E-state index in [0.29, 0.717) is 27.8 Å². The molecule has 0 aromatic heterocycles. The van der Waals surface area contributed by atoms with Crippen molar-refractivity contribution in [3.8, 4) is 17.6 Å². The Morgan fingerprint density at radius 1 is 1.25 bits per heavy atom. The van der Waals surface area contributed by atoms with Crippen LogP contribution in [0.1, 0.15) is 11.1 Å². The second kappa shape index (κ2) is 10.2. The number of imide groups is 1. The van der Waals surface area contributed by atoms with Gasteiger partial charge in [-0.1, -0.05) is 23.7 Å². The maximum Gasteiger partial charge on any atom is 0.294 e. The molecule has 3 amide bonds. The Hall–Kier alpha value is -3.48. The highest BCUT2D eigenvalue weighted by Gasteiger charge is 2.36. The van der Waals surface area contributed by atoms with Gasteiger partial charge in [-0.2, -0.15) is 5.26 Å². The first-order chi connectivity index (χ1) is 15.3. The Kier molecular flexibility index (Phi) is 7.41. The number of benzene rings is 2. The third kappa shape index (κ3) is 5.41. The van der Waals surface area contributed by atoms with Gasteiger partial charge >= 0.3 is 0 Å². The Balaban J connectivity index is 1.72. The average molecular weight is 472 g/mol. The lowest BCUT2D eigenvalue weighted by Crippen LogP contribution is -2.36. The third-order valence-corrected chi connectivity index (χ3v) is 5.57. The molecule has 0 spiro atoms. The summed E-state index contributed by atoms with van der Waals surface area (Å²) in [7, 11) is 1.45. The van der Waals surface area contributed by atoms with E-state index in [-0.39, 0.29) is 11.5 Å². The number of anilines is 1. The molecule has 1 aliphatic rings. The molecule has 1 heterocycles. The van der Waals surface area contributed by atoms with Crippen LogP contribution in [0, 0.1) is 18.3 Å². The molecule has 0 bridgehead atoms.